The number of carbonyl (C=O) groups excluding carboxylic acids is 1. The Labute approximate surface area is 190 Å². The van der Waals surface area contributed by atoms with Gasteiger partial charge in [-0.2, -0.15) is 9.78 Å². The Morgan fingerprint density at radius 2 is 2.00 bits per heavy atom. The monoisotopic (exact) mass is 447 g/mol. The lowest BCUT2D eigenvalue weighted by Gasteiger charge is -2.10. The van der Waals surface area contributed by atoms with Crippen molar-refractivity contribution in [3.8, 4) is 16.5 Å². The summed E-state index contributed by atoms with van der Waals surface area (Å²) in [5.74, 6) is 0.663. The van der Waals surface area contributed by atoms with E-state index >= 15 is 0 Å². The molecule has 4 rings (SSSR count). The second kappa shape index (κ2) is 9.74. The van der Waals surface area contributed by atoms with E-state index < -0.39 is 0 Å². The number of rotatable bonds is 8. The minimum absolute atomic E-state index is 0.0921. The Bertz CT molecular complexity index is 1260. The molecule has 3 heterocycles. The minimum atomic E-state index is -0.215. The molecule has 0 spiro atoms. The molecule has 0 aliphatic carbocycles. The number of H-pyrrole nitrogens is 1. The Morgan fingerprint density at radius 1 is 1.19 bits per heavy atom. The minimum Gasteiger partial charge on any atom is -0.310 e. The van der Waals surface area contributed by atoms with Gasteiger partial charge in [0.15, 0.2) is 0 Å². The summed E-state index contributed by atoms with van der Waals surface area (Å²) in [6.07, 6.45) is 2.66. The summed E-state index contributed by atoms with van der Waals surface area (Å²) in [7, 11) is 0. The van der Waals surface area contributed by atoms with Gasteiger partial charge in [-0.1, -0.05) is 49.7 Å². The fraction of sp³-hybridized carbons (Fsp3) is 0.250. The van der Waals surface area contributed by atoms with Crippen molar-refractivity contribution in [3.05, 3.63) is 81.1 Å². The number of benzene rings is 1. The van der Waals surface area contributed by atoms with E-state index in [1.165, 1.54) is 4.68 Å². The van der Waals surface area contributed by atoms with Crippen LogP contribution in [-0.4, -0.2) is 25.7 Å². The molecular weight excluding hydrogens is 422 g/mol. The molecule has 0 bridgehead atoms. The third-order valence-electron chi connectivity index (χ3n) is 5.14. The summed E-state index contributed by atoms with van der Waals surface area (Å²) in [4.78, 5) is 33.8. The first-order valence-electron chi connectivity index (χ1n) is 10.6. The highest BCUT2D eigenvalue weighted by Crippen LogP contribution is 2.27. The van der Waals surface area contributed by atoms with Crippen LogP contribution in [0.1, 0.15) is 43.0 Å². The normalized spacial score (nSPS) is 10.9. The number of nitrogens with zero attached hydrogens (tertiary/aromatic N) is 3. The van der Waals surface area contributed by atoms with Gasteiger partial charge in [0.25, 0.3) is 5.56 Å². The predicted molar refractivity (Wildman–Crippen MR) is 127 cm³/mol. The van der Waals surface area contributed by atoms with Crippen LogP contribution in [0.25, 0.3) is 16.5 Å². The topological polar surface area (TPSA) is 92.7 Å². The number of carbonyl (C=O) groups is 1. The SMILES string of the molecule is CCCCC(=O)Nc1cc(-c2cccs2)nn1-c1nc(C)c(Cc2ccccc2)c(=O)[nH]1. The number of anilines is 1. The second-order valence-corrected chi connectivity index (χ2v) is 8.52. The maximum Gasteiger partial charge on any atom is 0.256 e. The van der Waals surface area contributed by atoms with Crippen LogP contribution in [-0.2, 0) is 11.2 Å². The first-order valence-corrected chi connectivity index (χ1v) is 11.5. The van der Waals surface area contributed by atoms with Crippen molar-refractivity contribution in [2.75, 3.05) is 5.32 Å². The fourth-order valence-corrected chi connectivity index (χ4v) is 4.10. The summed E-state index contributed by atoms with van der Waals surface area (Å²) in [5.41, 5.74) is 2.77. The molecule has 2 N–H and O–H groups in total. The van der Waals surface area contributed by atoms with E-state index in [4.69, 9.17) is 0 Å². The molecule has 164 valence electrons. The van der Waals surface area contributed by atoms with Gasteiger partial charge in [0.05, 0.1) is 10.6 Å². The Morgan fingerprint density at radius 3 is 2.69 bits per heavy atom. The predicted octanol–water partition coefficient (Wildman–Crippen LogP) is 4.71. The fourth-order valence-electron chi connectivity index (χ4n) is 3.42. The van der Waals surface area contributed by atoms with Gasteiger partial charge in [-0.15, -0.1) is 11.3 Å². The van der Waals surface area contributed by atoms with Gasteiger partial charge >= 0.3 is 0 Å². The van der Waals surface area contributed by atoms with Crippen molar-refractivity contribution in [1.82, 2.24) is 19.7 Å². The van der Waals surface area contributed by atoms with Crippen LogP contribution >= 0.6 is 11.3 Å². The summed E-state index contributed by atoms with van der Waals surface area (Å²) in [6.45, 7) is 3.86. The Kier molecular flexibility index (Phi) is 6.61. The molecule has 0 saturated heterocycles. The molecule has 8 heteroatoms. The molecule has 0 saturated carbocycles. The number of aromatic amines is 1. The lowest BCUT2D eigenvalue weighted by molar-refractivity contribution is -0.116. The van der Waals surface area contributed by atoms with E-state index in [-0.39, 0.29) is 17.4 Å². The lowest BCUT2D eigenvalue weighted by atomic mass is 10.1. The molecule has 4 aromatic rings. The molecule has 7 nitrogen and oxygen atoms in total. The standard InChI is InChI=1S/C24H25N5O2S/c1-3-4-12-22(30)26-21-15-19(20-11-8-13-32-20)28-29(21)24-25-16(2)18(23(31)27-24)14-17-9-6-5-7-10-17/h5-11,13,15H,3-4,12,14H2,1-2H3,(H,26,30)(H,25,27,31). The van der Waals surface area contributed by atoms with Gasteiger partial charge in [-0.3, -0.25) is 14.6 Å². The van der Waals surface area contributed by atoms with Gasteiger partial charge in [-0.05, 0) is 30.4 Å². The summed E-state index contributed by atoms with van der Waals surface area (Å²) >= 11 is 1.56. The lowest BCUT2D eigenvalue weighted by Crippen LogP contribution is -2.22. The first-order chi connectivity index (χ1) is 15.5. The van der Waals surface area contributed by atoms with Crippen molar-refractivity contribution < 1.29 is 4.79 Å². The zero-order valence-electron chi connectivity index (χ0n) is 18.1. The maximum absolute atomic E-state index is 12.9. The van der Waals surface area contributed by atoms with E-state index in [0.29, 0.717) is 35.6 Å². The maximum atomic E-state index is 12.9. The number of aryl methyl sites for hydroxylation is 1. The quantitative estimate of drug-likeness (QED) is 0.409. The molecule has 0 fully saturated rings. The van der Waals surface area contributed by atoms with Crippen molar-refractivity contribution >= 4 is 23.1 Å². The molecule has 1 amide bonds. The van der Waals surface area contributed by atoms with Gasteiger partial charge in [0, 0.05) is 24.5 Å². The van der Waals surface area contributed by atoms with Crippen LogP contribution in [0.15, 0.2) is 58.7 Å². The van der Waals surface area contributed by atoms with E-state index in [0.717, 1.165) is 23.3 Å². The zero-order chi connectivity index (χ0) is 22.5. The largest absolute Gasteiger partial charge is 0.310 e. The molecule has 3 aromatic heterocycles. The number of aromatic nitrogens is 4. The molecule has 0 radical (unpaired) electrons. The number of unbranched alkanes of at least 4 members (excludes halogenated alkanes) is 1. The van der Waals surface area contributed by atoms with Crippen molar-refractivity contribution in [1.29, 1.82) is 0 Å². The van der Waals surface area contributed by atoms with Gasteiger partial charge in [-0.25, -0.2) is 4.98 Å². The average molecular weight is 448 g/mol. The highest BCUT2D eigenvalue weighted by Gasteiger charge is 2.17. The number of hydrogen-bond donors (Lipinski definition) is 2. The molecule has 1 aromatic carbocycles. The van der Waals surface area contributed by atoms with E-state index in [1.807, 2.05) is 67.8 Å². The summed E-state index contributed by atoms with van der Waals surface area (Å²) in [5, 5.41) is 9.52. The summed E-state index contributed by atoms with van der Waals surface area (Å²) < 4.78 is 1.50. The van der Waals surface area contributed by atoms with Gasteiger partial charge in [0.2, 0.25) is 11.9 Å². The third-order valence-corrected chi connectivity index (χ3v) is 6.03. The smallest absolute Gasteiger partial charge is 0.256 e. The summed E-state index contributed by atoms with van der Waals surface area (Å²) in [6, 6.07) is 15.5. The van der Waals surface area contributed by atoms with Crippen LogP contribution in [0, 0.1) is 6.92 Å². The number of thiophene rings is 1. The number of hydrogen-bond acceptors (Lipinski definition) is 5. The van der Waals surface area contributed by atoms with E-state index in [9.17, 15) is 9.59 Å². The first kappa shape index (κ1) is 21.7. The third kappa shape index (κ3) is 4.86. The molecule has 32 heavy (non-hydrogen) atoms. The van der Waals surface area contributed by atoms with Crippen LogP contribution in [0.2, 0.25) is 0 Å². The Hall–Kier alpha value is -3.52. The van der Waals surface area contributed by atoms with Crippen LogP contribution < -0.4 is 10.9 Å². The van der Waals surface area contributed by atoms with Crippen molar-refractivity contribution in [3.63, 3.8) is 0 Å². The highest BCUT2D eigenvalue weighted by molar-refractivity contribution is 7.13. The van der Waals surface area contributed by atoms with Crippen molar-refractivity contribution in [2.24, 2.45) is 0 Å². The van der Waals surface area contributed by atoms with E-state index in [1.54, 1.807) is 11.3 Å². The van der Waals surface area contributed by atoms with Crippen LogP contribution in [0.5, 0.6) is 0 Å². The van der Waals surface area contributed by atoms with Crippen molar-refractivity contribution in [2.45, 2.75) is 39.5 Å². The molecule has 0 unspecified atom stereocenters. The van der Waals surface area contributed by atoms with Crippen LogP contribution in [0.3, 0.4) is 0 Å². The average Bonchev–Trinajstić information content (AvgIpc) is 3.45. The second-order valence-electron chi connectivity index (χ2n) is 7.57. The van der Waals surface area contributed by atoms with Crippen LogP contribution in [0.4, 0.5) is 5.82 Å². The molecule has 0 aliphatic rings. The Balaban J connectivity index is 1.71. The molecular formula is C24H25N5O2S. The van der Waals surface area contributed by atoms with Gasteiger partial charge < -0.3 is 5.32 Å². The highest BCUT2D eigenvalue weighted by atomic mass is 32.1. The van der Waals surface area contributed by atoms with Gasteiger partial charge in [0.1, 0.15) is 11.5 Å². The molecule has 0 aliphatic heterocycles. The number of amides is 1. The number of nitrogens with one attached hydrogen (secondary N) is 2. The van der Waals surface area contributed by atoms with E-state index in [2.05, 4.69) is 20.4 Å². The zero-order valence-corrected chi connectivity index (χ0v) is 18.9. The molecule has 0 atom stereocenters.